The van der Waals surface area contributed by atoms with E-state index in [4.69, 9.17) is 0 Å². The van der Waals surface area contributed by atoms with Crippen molar-refractivity contribution in [2.45, 2.75) is 25.5 Å². The molecule has 0 saturated carbocycles. The molecular formula is C4H29B8-11. The van der Waals surface area contributed by atoms with E-state index < -0.39 is 0 Å². The monoisotopic (exact) mass is 165 g/mol. The molecule has 2 unspecified atom stereocenters. The summed E-state index contributed by atoms with van der Waals surface area (Å²) in [6, 6.07) is 0. The molecule has 0 aromatic carbocycles. The summed E-state index contributed by atoms with van der Waals surface area (Å²) in [6.07, 6.45) is 0. The van der Waals surface area contributed by atoms with Crippen molar-refractivity contribution >= 4 is 58.1 Å². The van der Waals surface area contributed by atoms with Crippen LogP contribution in [0.2, 0.25) is 11.6 Å². The van der Waals surface area contributed by atoms with Crippen LogP contribution in [0.1, 0.15) is 29.5 Å². The maximum absolute atomic E-state index is 2.40. The van der Waals surface area contributed by atoms with E-state index in [9.17, 15) is 0 Å². The molecule has 0 heterocycles. The highest BCUT2D eigenvalue weighted by Gasteiger charge is 2.11. The zero-order valence-corrected chi connectivity index (χ0v) is 9.40. The lowest BCUT2D eigenvalue weighted by Crippen LogP contribution is -2.26. The fourth-order valence-corrected chi connectivity index (χ4v) is 1.58. The SMILES string of the molecule is BBBBBBC(C)C(C)BB.[H-].[H-].[H-].[H-].[H-].[H-].[H-].[H-].[H-].[H-].[H-]. The Morgan fingerprint density at radius 1 is 1.00 bits per heavy atom. The van der Waals surface area contributed by atoms with Crippen molar-refractivity contribution in [3.8, 4) is 0 Å². The minimum atomic E-state index is 0. The zero-order chi connectivity index (χ0) is 9.40. The van der Waals surface area contributed by atoms with Crippen LogP contribution in [-0.4, -0.2) is 58.1 Å². The third-order valence-electron chi connectivity index (χ3n) is 3.13. The average Bonchev–Trinajstić information content (AvgIpc) is 2.10. The van der Waals surface area contributed by atoms with Crippen LogP contribution in [0.3, 0.4) is 0 Å². The topological polar surface area (TPSA) is 0 Å². The van der Waals surface area contributed by atoms with Gasteiger partial charge in [0.25, 0.3) is 0 Å². The first-order valence-corrected chi connectivity index (χ1v) is 5.72. The van der Waals surface area contributed by atoms with E-state index in [1.54, 1.807) is 0 Å². The Balaban J connectivity index is -0.0000000110. The van der Waals surface area contributed by atoms with E-state index in [-0.39, 0.29) is 15.7 Å². The first-order valence-electron chi connectivity index (χ1n) is 5.72. The molecule has 80 valence electrons. The third kappa shape index (κ3) is 6.08. The molecule has 12 heavy (non-hydrogen) atoms. The molecule has 0 aliphatic rings. The van der Waals surface area contributed by atoms with E-state index in [0.29, 0.717) is 0 Å². The van der Waals surface area contributed by atoms with Gasteiger partial charge in [-0.3, -0.25) is 0 Å². The summed E-state index contributed by atoms with van der Waals surface area (Å²) >= 11 is 0. The first kappa shape index (κ1) is 12.5. The van der Waals surface area contributed by atoms with E-state index >= 15 is 0 Å². The standard InChI is InChI=1S/C4H18B8.11H/c1-3(7-5)4(2)8-10-12-11-9-6;;;;;;;;;;;/h3-4,7-12H,5-6H2,1-2H3;;;;;;;;;;;/q;11*-1. The van der Waals surface area contributed by atoms with Gasteiger partial charge in [0, 0.05) is 28.2 Å². The number of hydrogen-bond donors (Lipinski definition) is 0. The van der Waals surface area contributed by atoms with Gasteiger partial charge in [0.2, 0.25) is 0 Å². The molecule has 0 aliphatic carbocycles. The fraction of sp³-hybridized carbons (Fsp3) is 1.00. The molecule has 0 N–H and O–H groups in total. The summed E-state index contributed by atoms with van der Waals surface area (Å²) in [4.78, 5) is 0. The van der Waals surface area contributed by atoms with Crippen LogP contribution in [0.5, 0.6) is 0 Å². The van der Waals surface area contributed by atoms with Gasteiger partial charge in [0.05, 0.1) is 29.8 Å². The quantitative estimate of drug-likeness (QED) is 0.282. The van der Waals surface area contributed by atoms with E-state index in [1.165, 1.54) is 42.6 Å². The molecule has 0 radical (unpaired) electrons. The average molecular weight is 164 g/mol. The molecule has 0 fully saturated rings. The van der Waals surface area contributed by atoms with Crippen LogP contribution >= 0.6 is 0 Å². The largest absolute Gasteiger partial charge is 1.00 e. The number of hydrogen-bond acceptors (Lipinski definition) is 0. The molecule has 0 nitrogen and oxygen atoms in total. The van der Waals surface area contributed by atoms with Gasteiger partial charge in [0.15, 0.2) is 0 Å². The van der Waals surface area contributed by atoms with Crippen LogP contribution in [0.25, 0.3) is 0 Å². The van der Waals surface area contributed by atoms with Crippen molar-refractivity contribution in [1.29, 1.82) is 0 Å². The van der Waals surface area contributed by atoms with Crippen LogP contribution < -0.4 is 0 Å². The maximum atomic E-state index is 2.40. The second-order valence-electron chi connectivity index (χ2n) is 4.21. The predicted octanol–water partition coefficient (Wildman–Crippen LogP) is -2.78. The second kappa shape index (κ2) is 8.13. The normalized spacial score (nSPS) is 13.8. The Morgan fingerprint density at radius 2 is 1.67 bits per heavy atom. The minimum Gasteiger partial charge on any atom is -1.00 e. The Kier molecular flexibility index (Phi) is 8.49. The van der Waals surface area contributed by atoms with Gasteiger partial charge in [-0.15, -0.1) is 0 Å². The van der Waals surface area contributed by atoms with E-state index in [1.807, 2.05) is 0 Å². The highest BCUT2D eigenvalue weighted by Crippen LogP contribution is 2.18. The van der Waals surface area contributed by atoms with Gasteiger partial charge in [-0.05, 0) is 0 Å². The Labute approximate surface area is 100 Å². The van der Waals surface area contributed by atoms with Crippen molar-refractivity contribution < 1.29 is 15.7 Å². The number of rotatable bonds is 7. The summed E-state index contributed by atoms with van der Waals surface area (Å²) in [6.45, 7) is 4.78. The molecule has 0 saturated heterocycles. The Bertz CT molecular complexity index is 120. The minimum absolute atomic E-state index is 0. The van der Waals surface area contributed by atoms with Crippen LogP contribution in [0.4, 0.5) is 0 Å². The smallest absolute Gasteiger partial charge is 0.0851 e. The van der Waals surface area contributed by atoms with Crippen molar-refractivity contribution in [1.82, 2.24) is 0 Å². The highest BCUT2D eigenvalue weighted by molar-refractivity contribution is 7.57. The summed E-state index contributed by atoms with van der Waals surface area (Å²) in [5.41, 5.74) is 0. The first-order chi connectivity index (χ1) is 5.72. The van der Waals surface area contributed by atoms with Crippen LogP contribution in [0.15, 0.2) is 0 Å². The lowest BCUT2D eigenvalue weighted by Gasteiger charge is -2.15. The van der Waals surface area contributed by atoms with Gasteiger partial charge in [-0.25, -0.2) is 0 Å². The van der Waals surface area contributed by atoms with Gasteiger partial charge in [-0.2, -0.15) is 0 Å². The van der Waals surface area contributed by atoms with Crippen molar-refractivity contribution in [3.63, 3.8) is 0 Å². The summed E-state index contributed by atoms with van der Waals surface area (Å²) in [7, 11) is 13.0. The Hall–Kier alpha value is 0.519. The molecule has 0 aromatic heterocycles. The van der Waals surface area contributed by atoms with Gasteiger partial charge >= 0.3 is 0 Å². The molecule has 0 aliphatic heterocycles. The molecule has 0 spiro atoms. The van der Waals surface area contributed by atoms with Crippen molar-refractivity contribution in [2.24, 2.45) is 0 Å². The van der Waals surface area contributed by atoms with Crippen LogP contribution in [-0.2, 0) is 0 Å². The molecule has 0 bridgehead atoms. The predicted molar refractivity (Wildman–Crippen MR) is 91.1 cm³/mol. The van der Waals surface area contributed by atoms with Crippen molar-refractivity contribution in [2.75, 3.05) is 0 Å². The van der Waals surface area contributed by atoms with Crippen LogP contribution in [0, 0.1) is 0 Å². The zero-order valence-electron chi connectivity index (χ0n) is 20.4. The lowest BCUT2D eigenvalue weighted by molar-refractivity contribution is 0.869. The molecule has 0 aromatic rings. The second-order valence-corrected chi connectivity index (χ2v) is 4.21. The summed E-state index contributed by atoms with van der Waals surface area (Å²) in [5.74, 6) is 1.86. The summed E-state index contributed by atoms with van der Waals surface area (Å²) < 4.78 is 0. The molecule has 0 amide bonds. The van der Waals surface area contributed by atoms with Gasteiger partial charge < -0.3 is 15.7 Å². The summed E-state index contributed by atoms with van der Waals surface area (Å²) in [5, 5.41) is 0. The molecule has 2 atom stereocenters. The Morgan fingerprint density at radius 3 is 2.17 bits per heavy atom. The molecular weight excluding hydrogens is 135 g/mol. The maximum Gasteiger partial charge on any atom is 0.0851 e. The van der Waals surface area contributed by atoms with E-state index in [2.05, 4.69) is 29.3 Å². The van der Waals surface area contributed by atoms with Gasteiger partial charge in [0.1, 0.15) is 0 Å². The van der Waals surface area contributed by atoms with Crippen molar-refractivity contribution in [3.05, 3.63) is 0 Å². The lowest BCUT2D eigenvalue weighted by atomic mass is 8.98. The fourth-order valence-electron chi connectivity index (χ4n) is 1.58. The van der Waals surface area contributed by atoms with E-state index in [0.717, 1.165) is 11.6 Å². The van der Waals surface area contributed by atoms with Gasteiger partial charge in [-0.1, -0.05) is 25.5 Å². The molecule has 0 rings (SSSR count). The molecule has 8 heteroatoms. The third-order valence-corrected chi connectivity index (χ3v) is 3.13. The highest BCUT2D eigenvalue weighted by atomic mass is 13.9.